The summed E-state index contributed by atoms with van der Waals surface area (Å²) in [5.41, 5.74) is 0. The number of hydrogen-bond donors (Lipinski definition) is 2. The summed E-state index contributed by atoms with van der Waals surface area (Å²) in [6.45, 7) is 0.854. The zero-order valence-electron chi connectivity index (χ0n) is 9.13. The molecule has 6 heteroatoms. The summed E-state index contributed by atoms with van der Waals surface area (Å²) in [5.74, 6) is 0. The number of rotatable bonds is 3. The van der Waals surface area contributed by atoms with Crippen LogP contribution in [0.15, 0.2) is 0 Å². The van der Waals surface area contributed by atoms with Crippen molar-refractivity contribution in [3.05, 3.63) is 0 Å². The Bertz CT molecular complexity index is 182. The Morgan fingerprint density at radius 3 is 1.36 bits per heavy atom. The number of carbonyl (C=O) groups excluding carboxylic acids is 2. The Labute approximate surface area is 84.2 Å². The SMILES string of the molecule is CN(C)C(=O)NCCNC(=O)N(C)C. The second kappa shape index (κ2) is 6.06. The van der Waals surface area contributed by atoms with Crippen LogP contribution in [0.5, 0.6) is 0 Å². The number of nitrogens with zero attached hydrogens (tertiary/aromatic N) is 2. The fourth-order valence-corrected chi connectivity index (χ4v) is 0.655. The largest absolute Gasteiger partial charge is 0.336 e. The summed E-state index contributed by atoms with van der Waals surface area (Å²) in [7, 11) is 6.64. The highest BCUT2D eigenvalue weighted by molar-refractivity contribution is 5.74. The van der Waals surface area contributed by atoms with Crippen molar-refractivity contribution in [2.24, 2.45) is 0 Å². The van der Waals surface area contributed by atoms with Gasteiger partial charge in [-0.15, -0.1) is 0 Å². The number of hydrogen-bond acceptors (Lipinski definition) is 2. The van der Waals surface area contributed by atoms with Crippen molar-refractivity contribution < 1.29 is 9.59 Å². The van der Waals surface area contributed by atoms with E-state index in [1.165, 1.54) is 9.80 Å². The summed E-state index contributed by atoms with van der Waals surface area (Å²) >= 11 is 0. The van der Waals surface area contributed by atoms with Gasteiger partial charge in [-0.2, -0.15) is 0 Å². The molecule has 0 unspecified atom stereocenters. The minimum atomic E-state index is -0.163. The number of nitrogens with one attached hydrogen (secondary N) is 2. The highest BCUT2D eigenvalue weighted by Crippen LogP contribution is 1.77. The maximum Gasteiger partial charge on any atom is 0.316 e. The molecule has 6 nitrogen and oxygen atoms in total. The molecule has 0 spiro atoms. The van der Waals surface area contributed by atoms with Gasteiger partial charge in [-0.1, -0.05) is 0 Å². The quantitative estimate of drug-likeness (QED) is 0.608. The Morgan fingerprint density at radius 2 is 1.14 bits per heavy atom. The summed E-state index contributed by atoms with van der Waals surface area (Å²) in [6.07, 6.45) is 0. The average Bonchev–Trinajstić information content (AvgIpc) is 2.11. The lowest BCUT2D eigenvalue weighted by Crippen LogP contribution is -2.42. The topological polar surface area (TPSA) is 64.7 Å². The van der Waals surface area contributed by atoms with Gasteiger partial charge >= 0.3 is 12.1 Å². The van der Waals surface area contributed by atoms with Crippen molar-refractivity contribution in [1.82, 2.24) is 20.4 Å². The monoisotopic (exact) mass is 202 g/mol. The fourth-order valence-electron chi connectivity index (χ4n) is 0.655. The van der Waals surface area contributed by atoms with Crippen LogP contribution >= 0.6 is 0 Å². The minimum absolute atomic E-state index is 0.163. The zero-order valence-corrected chi connectivity index (χ0v) is 9.13. The van der Waals surface area contributed by atoms with Crippen LogP contribution in [-0.2, 0) is 0 Å². The number of urea groups is 2. The molecule has 0 aromatic carbocycles. The average molecular weight is 202 g/mol. The van der Waals surface area contributed by atoms with E-state index in [0.29, 0.717) is 13.1 Å². The van der Waals surface area contributed by atoms with E-state index >= 15 is 0 Å². The summed E-state index contributed by atoms with van der Waals surface area (Å²) < 4.78 is 0. The second-order valence-corrected chi connectivity index (χ2v) is 3.25. The molecule has 0 rings (SSSR count). The second-order valence-electron chi connectivity index (χ2n) is 3.25. The first-order valence-corrected chi connectivity index (χ1v) is 4.35. The standard InChI is InChI=1S/C8H18N4O2/c1-11(2)7(13)9-5-6-10-8(14)12(3)4/h5-6H2,1-4H3,(H,9,13)(H,10,14). The lowest BCUT2D eigenvalue weighted by molar-refractivity contribution is 0.213. The van der Waals surface area contributed by atoms with Gasteiger partial charge in [-0.05, 0) is 0 Å². The molecule has 0 saturated heterocycles. The molecule has 82 valence electrons. The molecule has 0 radical (unpaired) electrons. The maximum absolute atomic E-state index is 11.0. The molecule has 4 amide bonds. The summed E-state index contributed by atoms with van der Waals surface area (Å²) in [6, 6.07) is -0.326. The van der Waals surface area contributed by atoms with Gasteiger partial charge in [-0.3, -0.25) is 0 Å². The third-order valence-electron chi connectivity index (χ3n) is 1.49. The van der Waals surface area contributed by atoms with Crippen molar-refractivity contribution in [2.45, 2.75) is 0 Å². The van der Waals surface area contributed by atoms with E-state index in [4.69, 9.17) is 0 Å². The molecule has 2 N–H and O–H groups in total. The predicted molar refractivity (Wildman–Crippen MR) is 54.2 cm³/mol. The van der Waals surface area contributed by atoms with E-state index < -0.39 is 0 Å². The number of amides is 4. The molecule has 0 aromatic heterocycles. The predicted octanol–water partition coefficient (Wildman–Crippen LogP) is -0.471. The van der Waals surface area contributed by atoms with Crippen molar-refractivity contribution in [3.8, 4) is 0 Å². The smallest absolute Gasteiger partial charge is 0.316 e. The molecular weight excluding hydrogens is 184 g/mol. The van der Waals surface area contributed by atoms with Gasteiger partial charge in [0.15, 0.2) is 0 Å². The molecule has 14 heavy (non-hydrogen) atoms. The van der Waals surface area contributed by atoms with Crippen LogP contribution in [0.3, 0.4) is 0 Å². The van der Waals surface area contributed by atoms with Crippen molar-refractivity contribution >= 4 is 12.1 Å². The first-order valence-electron chi connectivity index (χ1n) is 4.35. The van der Waals surface area contributed by atoms with Gasteiger partial charge in [0.1, 0.15) is 0 Å². The number of carbonyl (C=O) groups is 2. The van der Waals surface area contributed by atoms with Crippen LogP contribution in [0.1, 0.15) is 0 Å². The van der Waals surface area contributed by atoms with Crippen molar-refractivity contribution in [3.63, 3.8) is 0 Å². The Balaban J connectivity index is 3.48. The Hall–Kier alpha value is -1.46. The molecule has 0 aromatic rings. The molecule has 0 aliphatic rings. The first kappa shape index (κ1) is 12.5. The van der Waals surface area contributed by atoms with E-state index in [1.54, 1.807) is 28.2 Å². The van der Waals surface area contributed by atoms with Gasteiger partial charge in [0, 0.05) is 41.3 Å². The normalized spacial score (nSPS) is 9.14. The van der Waals surface area contributed by atoms with Gasteiger partial charge < -0.3 is 20.4 Å². The molecule has 0 bridgehead atoms. The third kappa shape index (κ3) is 5.23. The van der Waals surface area contributed by atoms with Crippen LogP contribution in [0.25, 0.3) is 0 Å². The van der Waals surface area contributed by atoms with Crippen LogP contribution < -0.4 is 10.6 Å². The lowest BCUT2D eigenvalue weighted by atomic mass is 10.6. The molecule has 0 saturated carbocycles. The molecule has 0 fully saturated rings. The van der Waals surface area contributed by atoms with E-state index in [9.17, 15) is 9.59 Å². The van der Waals surface area contributed by atoms with Crippen LogP contribution in [0.2, 0.25) is 0 Å². The molecule has 0 aliphatic heterocycles. The third-order valence-corrected chi connectivity index (χ3v) is 1.49. The highest BCUT2D eigenvalue weighted by atomic mass is 16.2. The maximum atomic E-state index is 11.0. The van der Waals surface area contributed by atoms with Crippen LogP contribution in [0.4, 0.5) is 9.59 Å². The minimum Gasteiger partial charge on any atom is -0.336 e. The highest BCUT2D eigenvalue weighted by Gasteiger charge is 2.03. The lowest BCUT2D eigenvalue weighted by Gasteiger charge is -2.14. The van der Waals surface area contributed by atoms with Crippen molar-refractivity contribution in [1.29, 1.82) is 0 Å². The Kier molecular flexibility index (Phi) is 5.43. The van der Waals surface area contributed by atoms with E-state index in [2.05, 4.69) is 10.6 Å². The van der Waals surface area contributed by atoms with Gasteiger partial charge in [0.2, 0.25) is 0 Å². The van der Waals surface area contributed by atoms with Gasteiger partial charge in [0.25, 0.3) is 0 Å². The van der Waals surface area contributed by atoms with E-state index in [-0.39, 0.29) is 12.1 Å². The summed E-state index contributed by atoms with van der Waals surface area (Å²) in [4.78, 5) is 24.9. The molecule has 0 aliphatic carbocycles. The zero-order chi connectivity index (χ0) is 11.1. The van der Waals surface area contributed by atoms with Gasteiger partial charge in [0.05, 0.1) is 0 Å². The van der Waals surface area contributed by atoms with Crippen molar-refractivity contribution in [2.75, 3.05) is 41.3 Å². The first-order chi connectivity index (χ1) is 6.45. The molecular formula is C8H18N4O2. The Morgan fingerprint density at radius 1 is 0.857 bits per heavy atom. The van der Waals surface area contributed by atoms with E-state index in [1.807, 2.05) is 0 Å². The summed E-state index contributed by atoms with van der Waals surface area (Å²) in [5, 5.41) is 5.26. The van der Waals surface area contributed by atoms with Crippen LogP contribution in [-0.4, -0.2) is 63.1 Å². The molecule has 0 heterocycles. The fraction of sp³-hybridized carbons (Fsp3) is 0.750. The van der Waals surface area contributed by atoms with Crippen LogP contribution in [0, 0.1) is 0 Å². The molecule has 0 atom stereocenters. The van der Waals surface area contributed by atoms with Gasteiger partial charge in [-0.25, -0.2) is 9.59 Å². The van der Waals surface area contributed by atoms with E-state index in [0.717, 1.165) is 0 Å².